The first-order valence-electron chi connectivity index (χ1n) is 8.69. The third-order valence-electron chi connectivity index (χ3n) is 4.51. The summed E-state index contributed by atoms with van der Waals surface area (Å²) in [5.41, 5.74) is 1.02. The first-order chi connectivity index (χ1) is 13.6. The molecule has 2 heterocycles. The Bertz CT molecular complexity index is 1030. The number of hydrogen-bond acceptors (Lipinski definition) is 5. The number of hydrogen-bond donors (Lipinski definition) is 1. The van der Waals surface area contributed by atoms with Gasteiger partial charge in [-0.05, 0) is 36.4 Å². The molecule has 0 saturated carbocycles. The molecule has 0 radical (unpaired) electrons. The molecule has 6 nitrogen and oxygen atoms in total. The highest BCUT2D eigenvalue weighted by atomic mass is 32.2. The number of benzene rings is 1. The Morgan fingerprint density at radius 1 is 1.14 bits per heavy atom. The number of aromatic nitrogens is 1. The van der Waals surface area contributed by atoms with Crippen molar-refractivity contribution in [1.29, 1.82) is 0 Å². The Kier molecular flexibility index (Phi) is 5.65. The van der Waals surface area contributed by atoms with E-state index in [9.17, 15) is 26.4 Å². The molecule has 1 aliphatic rings. The third kappa shape index (κ3) is 4.94. The number of alkyl halides is 2. The Labute approximate surface area is 166 Å². The number of amides is 1. The maximum absolute atomic E-state index is 13.5. The van der Waals surface area contributed by atoms with Gasteiger partial charge in [0.05, 0.1) is 11.4 Å². The molecule has 0 unspecified atom stereocenters. The quantitative estimate of drug-likeness (QED) is 0.795. The minimum Gasteiger partial charge on any atom is -0.369 e. The Hall–Kier alpha value is -2.88. The molecule has 2 aromatic rings. The summed E-state index contributed by atoms with van der Waals surface area (Å²) in [6.07, 6.45) is -0.647. The van der Waals surface area contributed by atoms with Gasteiger partial charge in [0.1, 0.15) is 11.5 Å². The Morgan fingerprint density at radius 2 is 1.76 bits per heavy atom. The molecule has 0 spiro atoms. The second kappa shape index (κ2) is 7.86. The lowest BCUT2D eigenvalue weighted by Gasteiger charge is -2.34. The second-order valence-electron chi connectivity index (χ2n) is 6.56. The van der Waals surface area contributed by atoms with Crippen LogP contribution in [0.25, 0.3) is 11.3 Å². The van der Waals surface area contributed by atoms with Crippen molar-refractivity contribution in [3.63, 3.8) is 0 Å². The van der Waals surface area contributed by atoms with Crippen LogP contribution in [-0.2, 0) is 10.0 Å². The number of piperidine rings is 1. The lowest BCUT2D eigenvalue weighted by atomic mass is 10.0. The van der Waals surface area contributed by atoms with E-state index in [4.69, 9.17) is 0 Å². The van der Waals surface area contributed by atoms with Gasteiger partial charge in [-0.25, -0.2) is 31.3 Å². The summed E-state index contributed by atoms with van der Waals surface area (Å²) in [4.78, 5) is 18.2. The predicted octanol–water partition coefficient (Wildman–Crippen LogP) is 3.33. The molecular weight excluding hydrogens is 407 g/mol. The summed E-state index contributed by atoms with van der Waals surface area (Å²) in [5.74, 6) is -4.18. The summed E-state index contributed by atoms with van der Waals surface area (Å²) < 4.78 is 65.3. The van der Waals surface area contributed by atoms with E-state index >= 15 is 0 Å². The van der Waals surface area contributed by atoms with Crippen molar-refractivity contribution < 1.29 is 26.4 Å². The molecule has 1 saturated heterocycles. The Morgan fingerprint density at radius 3 is 2.34 bits per heavy atom. The monoisotopic (exact) mass is 425 g/mol. The van der Waals surface area contributed by atoms with Gasteiger partial charge in [-0.1, -0.05) is 6.58 Å². The van der Waals surface area contributed by atoms with Crippen LogP contribution in [0.2, 0.25) is 0 Å². The van der Waals surface area contributed by atoms with Crippen molar-refractivity contribution in [1.82, 2.24) is 9.71 Å². The largest absolute Gasteiger partial charge is 0.369 e. The average molecular weight is 425 g/mol. The maximum atomic E-state index is 13.5. The van der Waals surface area contributed by atoms with Gasteiger partial charge in [-0.15, -0.1) is 0 Å². The summed E-state index contributed by atoms with van der Waals surface area (Å²) in [5, 5.41) is 0.591. The van der Waals surface area contributed by atoms with E-state index in [0.717, 1.165) is 0 Å². The molecule has 1 aromatic heterocycles. The number of carbonyl (C=O) groups excluding carboxylic acids is 1. The van der Waals surface area contributed by atoms with Gasteiger partial charge in [0.25, 0.3) is 21.9 Å². The van der Waals surface area contributed by atoms with E-state index in [2.05, 4.69) is 11.6 Å². The van der Waals surface area contributed by atoms with Gasteiger partial charge in [0.2, 0.25) is 0 Å². The highest BCUT2D eigenvalue weighted by Gasteiger charge is 2.35. The molecule has 1 fully saturated rings. The first kappa shape index (κ1) is 20.8. The van der Waals surface area contributed by atoms with Crippen LogP contribution in [0.5, 0.6) is 0 Å². The van der Waals surface area contributed by atoms with E-state index in [1.165, 1.54) is 36.4 Å². The lowest BCUT2D eigenvalue weighted by Crippen LogP contribution is -2.39. The zero-order valence-electron chi connectivity index (χ0n) is 15.2. The van der Waals surface area contributed by atoms with Crippen LogP contribution in [-0.4, -0.2) is 38.3 Å². The molecule has 3 rings (SSSR count). The standard InChI is InChI=1S/C19H18F3N3O3S/c1-2-29(27,28)24-18(26)15-7-8-16(25-11-9-19(21,22)10-12-25)17(23-15)13-3-5-14(20)6-4-13/h2-8H,1,9-12H2,(H,24,26). The van der Waals surface area contributed by atoms with Crippen molar-refractivity contribution in [3.05, 3.63) is 59.9 Å². The number of carbonyl (C=O) groups is 1. The van der Waals surface area contributed by atoms with Crippen LogP contribution in [0.15, 0.2) is 48.4 Å². The zero-order valence-corrected chi connectivity index (χ0v) is 16.1. The third-order valence-corrected chi connectivity index (χ3v) is 5.42. The van der Waals surface area contributed by atoms with Gasteiger partial charge >= 0.3 is 0 Å². The number of nitrogens with zero attached hydrogens (tertiary/aromatic N) is 2. The van der Waals surface area contributed by atoms with Gasteiger partial charge < -0.3 is 4.90 Å². The topological polar surface area (TPSA) is 79.4 Å². The number of anilines is 1. The van der Waals surface area contributed by atoms with Crippen LogP contribution >= 0.6 is 0 Å². The van der Waals surface area contributed by atoms with E-state index in [1.807, 2.05) is 0 Å². The minimum atomic E-state index is -4.01. The van der Waals surface area contributed by atoms with E-state index in [-0.39, 0.29) is 37.3 Å². The molecule has 0 bridgehead atoms. The van der Waals surface area contributed by atoms with Gasteiger partial charge in [0, 0.05) is 36.9 Å². The maximum Gasteiger partial charge on any atom is 0.283 e. The van der Waals surface area contributed by atoms with Crippen molar-refractivity contribution in [3.8, 4) is 11.3 Å². The molecule has 1 aromatic carbocycles. The van der Waals surface area contributed by atoms with Crippen molar-refractivity contribution in [2.45, 2.75) is 18.8 Å². The van der Waals surface area contributed by atoms with E-state index in [0.29, 0.717) is 16.7 Å². The number of nitrogens with one attached hydrogen (secondary N) is 1. The van der Waals surface area contributed by atoms with Crippen LogP contribution < -0.4 is 9.62 Å². The zero-order chi connectivity index (χ0) is 21.2. The average Bonchev–Trinajstić information content (AvgIpc) is 2.68. The van der Waals surface area contributed by atoms with E-state index < -0.39 is 27.7 Å². The second-order valence-corrected chi connectivity index (χ2v) is 8.18. The molecule has 1 N–H and O–H groups in total. The normalized spacial score (nSPS) is 16.3. The van der Waals surface area contributed by atoms with Crippen LogP contribution in [0.1, 0.15) is 23.3 Å². The van der Waals surface area contributed by atoms with Gasteiger partial charge in [-0.3, -0.25) is 4.79 Å². The number of sulfonamides is 1. The minimum absolute atomic E-state index is 0.0826. The number of halogens is 3. The summed E-state index contributed by atoms with van der Waals surface area (Å²) in [6.45, 7) is 3.28. The highest BCUT2D eigenvalue weighted by Crippen LogP contribution is 2.35. The molecule has 154 valence electrons. The molecule has 0 aliphatic carbocycles. The fraction of sp³-hybridized carbons (Fsp3) is 0.263. The first-order valence-corrected chi connectivity index (χ1v) is 10.2. The van der Waals surface area contributed by atoms with Crippen LogP contribution in [0, 0.1) is 5.82 Å². The Balaban J connectivity index is 2.01. The summed E-state index contributed by atoms with van der Waals surface area (Å²) in [6, 6.07) is 8.14. The van der Waals surface area contributed by atoms with Crippen molar-refractivity contribution in [2.24, 2.45) is 0 Å². The fourth-order valence-electron chi connectivity index (χ4n) is 2.95. The van der Waals surface area contributed by atoms with Crippen LogP contribution in [0.4, 0.5) is 18.9 Å². The summed E-state index contributed by atoms with van der Waals surface area (Å²) >= 11 is 0. The van der Waals surface area contributed by atoms with Crippen LogP contribution in [0.3, 0.4) is 0 Å². The van der Waals surface area contributed by atoms with Gasteiger partial charge in [-0.2, -0.15) is 0 Å². The molecular formula is C19H18F3N3O3S. The number of pyridine rings is 1. The SMILES string of the molecule is C=CS(=O)(=O)NC(=O)c1ccc(N2CCC(F)(F)CC2)c(-c2ccc(F)cc2)n1. The smallest absolute Gasteiger partial charge is 0.283 e. The molecule has 29 heavy (non-hydrogen) atoms. The molecule has 0 atom stereocenters. The van der Waals surface area contributed by atoms with Crippen molar-refractivity contribution in [2.75, 3.05) is 18.0 Å². The fourth-order valence-corrected chi connectivity index (χ4v) is 3.40. The van der Waals surface area contributed by atoms with E-state index in [1.54, 1.807) is 9.62 Å². The highest BCUT2D eigenvalue weighted by molar-refractivity contribution is 7.92. The van der Waals surface area contributed by atoms with Crippen molar-refractivity contribution >= 4 is 21.6 Å². The molecule has 1 aliphatic heterocycles. The predicted molar refractivity (Wildman–Crippen MR) is 103 cm³/mol. The molecule has 10 heteroatoms. The number of rotatable bonds is 5. The molecule has 1 amide bonds. The lowest BCUT2D eigenvalue weighted by molar-refractivity contribution is -0.0220. The van der Waals surface area contributed by atoms with Gasteiger partial charge in [0.15, 0.2) is 0 Å². The summed E-state index contributed by atoms with van der Waals surface area (Å²) in [7, 11) is -4.01.